The molecule has 9 heteroatoms. The van der Waals surface area contributed by atoms with Gasteiger partial charge >= 0.3 is 0 Å². The van der Waals surface area contributed by atoms with Crippen molar-refractivity contribution in [3.8, 4) is 5.75 Å². The summed E-state index contributed by atoms with van der Waals surface area (Å²) in [6, 6.07) is 14.0. The maximum Gasteiger partial charge on any atom is 0.282 e. The number of nitrogens with zero attached hydrogens (tertiary/aromatic N) is 2. The fourth-order valence-electron chi connectivity index (χ4n) is 3.04. The number of amides is 1. The summed E-state index contributed by atoms with van der Waals surface area (Å²) >= 11 is 5.99. The van der Waals surface area contributed by atoms with Crippen molar-refractivity contribution in [1.82, 2.24) is 8.61 Å². The van der Waals surface area contributed by atoms with Crippen LogP contribution in [0.15, 0.2) is 48.5 Å². The maximum absolute atomic E-state index is 12.9. The van der Waals surface area contributed by atoms with Crippen LogP contribution in [0.5, 0.6) is 5.75 Å². The molecule has 1 saturated heterocycles. The van der Waals surface area contributed by atoms with E-state index < -0.39 is 16.1 Å². The molecule has 0 bridgehead atoms. The number of methoxy groups -OCH3 is 1. The molecular formula is C19H22ClN3O4S. The van der Waals surface area contributed by atoms with E-state index in [4.69, 9.17) is 16.3 Å². The summed E-state index contributed by atoms with van der Waals surface area (Å²) in [6.07, 6.45) is 0.645. The number of halogens is 1. The molecule has 0 spiro atoms. The Morgan fingerprint density at radius 2 is 1.89 bits per heavy atom. The van der Waals surface area contributed by atoms with E-state index in [1.165, 1.54) is 15.7 Å². The van der Waals surface area contributed by atoms with Crippen molar-refractivity contribution < 1.29 is 17.9 Å². The van der Waals surface area contributed by atoms with Crippen molar-refractivity contribution >= 4 is 33.4 Å². The van der Waals surface area contributed by atoms with E-state index in [-0.39, 0.29) is 13.1 Å². The average Bonchev–Trinajstić information content (AvgIpc) is 2.65. The zero-order valence-electron chi connectivity index (χ0n) is 15.5. The second-order valence-electron chi connectivity index (χ2n) is 6.44. The van der Waals surface area contributed by atoms with E-state index in [1.54, 1.807) is 42.5 Å². The Bertz CT molecular complexity index is 952. The van der Waals surface area contributed by atoms with Crippen LogP contribution in [0.1, 0.15) is 12.0 Å². The lowest BCUT2D eigenvalue weighted by atomic mass is 10.2. The van der Waals surface area contributed by atoms with Gasteiger partial charge in [0.25, 0.3) is 10.2 Å². The first-order valence-corrected chi connectivity index (χ1v) is 10.6. The molecule has 0 atom stereocenters. The lowest BCUT2D eigenvalue weighted by molar-refractivity contribution is -0.116. The summed E-state index contributed by atoms with van der Waals surface area (Å²) in [4.78, 5) is 12.4. The molecule has 1 amide bonds. The van der Waals surface area contributed by atoms with Gasteiger partial charge in [-0.2, -0.15) is 17.0 Å². The highest BCUT2D eigenvalue weighted by molar-refractivity contribution is 7.86. The Balaban J connectivity index is 1.66. The summed E-state index contributed by atoms with van der Waals surface area (Å²) in [5.41, 5.74) is 1.35. The second kappa shape index (κ2) is 8.91. The van der Waals surface area contributed by atoms with Crippen molar-refractivity contribution in [2.24, 2.45) is 0 Å². The van der Waals surface area contributed by atoms with E-state index in [0.29, 0.717) is 36.0 Å². The van der Waals surface area contributed by atoms with E-state index in [0.717, 1.165) is 5.56 Å². The van der Waals surface area contributed by atoms with Crippen LogP contribution in [0.2, 0.25) is 5.02 Å². The summed E-state index contributed by atoms with van der Waals surface area (Å²) in [6.45, 7) is 0.686. The molecule has 0 aliphatic carbocycles. The standard InChI is InChI=1S/C19H22ClN3O4S/c1-27-18-8-3-7-17(12-18)21-19(24)14-23-10-4-9-22(28(23,25)26)13-15-5-2-6-16(20)11-15/h2-3,5-8,11-12H,4,9-10,13-14H2,1H3,(H,21,24). The highest BCUT2D eigenvalue weighted by atomic mass is 35.5. The van der Waals surface area contributed by atoms with Crippen LogP contribution in [-0.4, -0.2) is 49.7 Å². The normalized spacial score (nSPS) is 17.2. The van der Waals surface area contributed by atoms with Gasteiger partial charge in [-0.1, -0.05) is 29.8 Å². The number of hydrogen-bond donors (Lipinski definition) is 1. The number of ether oxygens (including phenoxy) is 1. The van der Waals surface area contributed by atoms with Gasteiger partial charge in [0.1, 0.15) is 5.75 Å². The molecular weight excluding hydrogens is 402 g/mol. The van der Waals surface area contributed by atoms with Crippen LogP contribution < -0.4 is 10.1 Å². The van der Waals surface area contributed by atoms with Crippen LogP contribution in [0, 0.1) is 0 Å². The molecule has 1 N–H and O–H groups in total. The first-order valence-electron chi connectivity index (χ1n) is 8.82. The molecule has 2 aromatic carbocycles. The fraction of sp³-hybridized carbons (Fsp3) is 0.316. The largest absolute Gasteiger partial charge is 0.497 e. The lowest BCUT2D eigenvalue weighted by Gasteiger charge is -2.34. The van der Waals surface area contributed by atoms with Crippen molar-refractivity contribution in [2.45, 2.75) is 13.0 Å². The van der Waals surface area contributed by atoms with E-state index in [9.17, 15) is 13.2 Å². The third-order valence-electron chi connectivity index (χ3n) is 4.39. The molecule has 0 unspecified atom stereocenters. The molecule has 1 fully saturated rings. The fourth-order valence-corrected chi connectivity index (χ4v) is 4.89. The molecule has 0 aromatic heterocycles. The zero-order valence-corrected chi connectivity index (χ0v) is 17.0. The first kappa shape index (κ1) is 20.6. The maximum atomic E-state index is 12.9. The minimum Gasteiger partial charge on any atom is -0.497 e. The van der Waals surface area contributed by atoms with Gasteiger partial charge in [-0.15, -0.1) is 0 Å². The highest BCUT2D eigenvalue weighted by Crippen LogP contribution is 2.21. The number of anilines is 1. The van der Waals surface area contributed by atoms with Crippen molar-refractivity contribution in [1.29, 1.82) is 0 Å². The Kier molecular flexibility index (Phi) is 6.56. The van der Waals surface area contributed by atoms with Gasteiger partial charge in [0.15, 0.2) is 0 Å². The Morgan fingerprint density at radius 3 is 2.64 bits per heavy atom. The Hall–Kier alpha value is -2.13. The van der Waals surface area contributed by atoms with Crippen LogP contribution in [0.3, 0.4) is 0 Å². The molecule has 2 aromatic rings. The molecule has 28 heavy (non-hydrogen) atoms. The number of nitrogens with one attached hydrogen (secondary N) is 1. The van der Waals surface area contributed by atoms with E-state index >= 15 is 0 Å². The quantitative estimate of drug-likeness (QED) is 0.774. The summed E-state index contributed by atoms with van der Waals surface area (Å²) in [5.74, 6) is 0.206. The highest BCUT2D eigenvalue weighted by Gasteiger charge is 2.34. The number of carbonyl (C=O) groups is 1. The van der Waals surface area contributed by atoms with Crippen LogP contribution in [0.4, 0.5) is 5.69 Å². The third kappa shape index (κ3) is 5.02. The topological polar surface area (TPSA) is 79.0 Å². The Labute approximate surface area is 170 Å². The molecule has 0 saturated carbocycles. The predicted molar refractivity (Wildman–Crippen MR) is 109 cm³/mol. The van der Waals surface area contributed by atoms with Crippen LogP contribution in [0.25, 0.3) is 0 Å². The minimum atomic E-state index is -3.74. The minimum absolute atomic E-state index is 0.219. The second-order valence-corrected chi connectivity index (χ2v) is 8.80. The van der Waals surface area contributed by atoms with Crippen LogP contribution in [-0.2, 0) is 21.5 Å². The van der Waals surface area contributed by atoms with Crippen LogP contribution >= 0.6 is 11.6 Å². The molecule has 7 nitrogen and oxygen atoms in total. The van der Waals surface area contributed by atoms with E-state index in [1.807, 2.05) is 6.07 Å². The molecule has 1 heterocycles. The van der Waals surface area contributed by atoms with Gasteiger partial charge in [-0.3, -0.25) is 4.79 Å². The van der Waals surface area contributed by atoms with Gasteiger partial charge in [0.2, 0.25) is 5.91 Å². The van der Waals surface area contributed by atoms with Gasteiger partial charge < -0.3 is 10.1 Å². The first-order chi connectivity index (χ1) is 13.4. The molecule has 0 radical (unpaired) electrons. The molecule has 1 aliphatic heterocycles. The van der Waals surface area contributed by atoms with Gasteiger partial charge in [-0.25, -0.2) is 0 Å². The molecule has 1 aliphatic rings. The van der Waals surface area contributed by atoms with Gasteiger partial charge in [0, 0.05) is 36.4 Å². The van der Waals surface area contributed by atoms with Gasteiger partial charge in [-0.05, 0) is 36.2 Å². The molecule has 3 rings (SSSR count). The third-order valence-corrected chi connectivity index (χ3v) is 6.55. The summed E-state index contributed by atoms with van der Waals surface area (Å²) < 4.78 is 33.5. The smallest absolute Gasteiger partial charge is 0.282 e. The predicted octanol–water partition coefficient (Wildman–Crippen LogP) is 2.74. The average molecular weight is 424 g/mol. The summed E-state index contributed by atoms with van der Waals surface area (Å²) in [7, 11) is -2.20. The molecule has 150 valence electrons. The summed E-state index contributed by atoms with van der Waals surface area (Å²) in [5, 5.41) is 3.27. The number of rotatable bonds is 6. The van der Waals surface area contributed by atoms with Gasteiger partial charge in [0.05, 0.1) is 13.7 Å². The monoisotopic (exact) mass is 423 g/mol. The SMILES string of the molecule is COc1cccc(NC(=O)CN2CCCN(Cc3cccc(Cl)c3)S2(=O)=O)c1. The zero-order chi connectivity index (χ0) is 20.1. The number of hydrogen-bond acceptors (Lipinski definition) is 4. The number of carbonyl (C=O) groups excluding carboxylic acids is 1. The number of benzene rings is 2. The van der Waals surface area contributed by atoms with Crippen molar-refractivity contribution in [3.05, 3.63) is 59.1 Å². The van der Waals surface area contributed by atoms with Crippen molar-refractivity contribution in [3.63, 3.8) is 0 Å². The van der Waals surface area contributed by atoms with E-state index in [2.05, 4.69) is 5.32 Å². The Morgan fingerprint density at radius 1 is 1.14 bits per heavy atom. The van der Waals surface area contributed by atoms with Crippen molar-refractivity contribution in [2.75, 3.05) is 32.1 Å². The lowest BCUT2D eigenvalue weighted by Crippen LogP contribution is -2.51.